The number of hydrogen-bond donors (Lipinski definition) is 0. The standard InChI is InChI=1S/C31H61NO/c1-5-7-9-11-13-14-15-16-17-18-19-20-21-22-23-24-26-28-31(32(3)4)30-33-29-27-25-12-10-8-6-2/h13-14,16-17,31H,5-12,15,18-30H2,1-4H3/b14-13+,17-16+. The van der Waals surface area contributed by atoms with Gasteiger partial charge in [-0.2, -0.15) is 0 Å². The fourth-order valence-corrected chi connectivity index (χ4v) is 4.24. The molecular formula is C31H61NO. The van der Waals surface area contributed by atoms with Gasteiger partial charge < -0.3 is 9.64 Å². The first-order valence-electron chi connectivity index (χ1n) is 14.8. The molecule has 0 rings (SSSR count). The third-order valence-corrected chi connectivity index (χ3v) is 6.67. The Morgan fingerprint density at radius 2 is 1.06 bits per heavy atom. The summed E-state index contributed by atoms with van der Waals surface area (Å²) in [4.78, 5) is 2.36. The minimum absolute atomic E-state index is 0.586. The first kappa shape index (κ1) is 32.4. The van der Waals surface area contributed by atoms with Gasteiger partial charge in [0, 0.05) is 12.6 Å². The van der Waals surface area contributed by atoms with E-state index >= 15 is 0 Å². The van der Waals surface area contributed by atoms with E-state index in [1.807, 2.05) is 0 Å². The second kappa shape index (κ2) is 27.6. The quantitative estimate of drug-likeness (QED) is 0.0934. The number of hydrogen-bond acceptors (Lipinski definition) is 2. The third kappa shape index (κ3) is 25.9. The highest BCUT2D eigenvalue weighted by Crippen LogP contribution is 2.13. The van der Waals surface area contributed by atoms with E-state index < -0.39 is 0 Å². The van der Waals surface area contributed by atoms with Crippen LogP contribution in [0.15, 0.2) is 24.3 Å². The number of likely N-dealkylation sites (N-methyl/N-ethyl adjacent to an activating group) is 1. The van der Waals surface area contributed by atoms with Gasteiger partial charge in [0.15, 0.2) is 0 Å². The van der Waals surface area contributed by atoms with E-state index in [0.29, 0.717) is 6.04 Å². The van der Waals surface area contributed by atoms with E-state index in [1.165, 1.54) is 122 Å². The molecule has 0 spiro atoms. The molecule has 0 saturated heterocycles. The van der Waals surface area contributed by atoms with Crippen LogP contribution in [0.5, 0.6) is 0 Å². The third-order valence-electron chi connectivity index (χ3n) is 6.67. The van der Waals surface area contributed by atoms with Crippen molar-refractivity contribution >= 4 is 0 Å². The predicted molar refractivity (Wildman–Crippen MR) is 150 cm³/mol. The van der Waals surface area contributed by atoms with Gasteiger partial charge in [-0.25, -0.2) is 0 Å². The second-order valence-electron chi connectivity index (χ2n) is 10.2. The molecule has 2 nitrogen and oxygen atoms in total. The molecule has 33 heavy (non-hydrogen) atoms. The van der Waals surface area contributed by atoms with Crippen LogP contribution in [-0.4, -0.2) is 38.3 Å². The highest BCUT2D eigenvalue weighted by molar-refractivity contribution is 4.92. The molecule has 0 aliphatic carbocycles. The number of rotatable bonds is 26. The lowest BCUT2D eigenvalue weighted by Crippen LogP contribution is -2.32. The number of nitrogens with zero attached hydrogens (tertiary/aromatic N) is 1. The lowest BCUT2D eigenvalue weighted by Gasteiger charge is -2.24. The largest absolute Gasteiger partial charge is 0.380 e. The van der Waals surface area contributed by atoms with Crippen LogP contribution in [0.25, 0.3) is 0 Å². The van der Waals surface area contributed by atoms with Crippen molar-refractivity contribution in [2.24, 2.45) is 0 Å². The molecule has 0 aromatic heterocycles. The molecule has 2 heteroatoms. The van der Waals surface area contributed by atoms with Gasteiger partial charge in [-0.1, -0.05) is 122 Å². The van der Waals surface area contributed by atoms with E-state index in [-0.39, 0.29) is 0 Å². The molecule has 0 heterocycles. The van der Waals surface area contributed by atoms with Crippen LogP contribution in [0.2, 0.25) is 0 Å². The molecule has 0 aromatic rings. The summed E-state index contributed by atoms with van der Waals surface area (Å²) in [6.07, 6.45) is 36.1. The lowest BCUT2D eigenvalue weighted by atomic mass is 10.0. The summed E-state index contributed by atoms with van der Waals surface area (Å²) >= 11 is 0. The first-order chi connectivity index (χ1) is 16.2. The average Bonchev–Trinajstić information content (AvgIpc) is 2.81. The highest BCUT2D eigenvalue weighted by atomic mass is 16.5. The molecule has 0 fully saturated rings. The molecule has 1 unspecified atom stereocenters. The Morgan fingerprint density at radius 1 is 0.576 bits per heavy atom. The van der Waals surface area contributed by atoms with Crippen molar-refractivity contribution in [3.63, 3.8) is 0 Å². The van der Waals surface area contributed by atoms with Crippen LogP contribution >= 0.6 is 0 Å². The van der Waals surface area contributed by atoms with Crippen LogP contribution in [0.1, 0.15) is 142 Å². The summed E-state index contributed by atoms with van der Waals surface area (Å²) in [5.41, 5.74) is 0. The Balaban J connectivity index is 3.46. The van der Waals surface area contributed by atoms with Crippen molar-refractivity contribution in [2.45, 2.75) is 148 Å². The van der Waals surface area contributed by atoms with Crippen molar-refractivity contribution in [1.29, 1.82) is 0 Å². The normalized spacial score (nSPS) is 13.1. The van der Waals surface area contributed by atoms with Gasteiger partial charge in [-0.3, -0.25) is 0 Å². The predicted octanol–water partition coefficient (Wildman–Crippen LogP) is 9.89. The second-order valence-corrected chi connectivity index (χ2v) is 10.2. The van der Waals surface area contributed by atoms with Crippen LogP contribution in [0.3, 0.4) is 0 Å². The number of unbranched alkanes of at least 4 members (excludes halogenated alkanes) is 15. The molecule has 0 radical (unpaired) electrons. The fraction of sp³-hybridized carbons (Fsp3) is 0.871. The van der Waals surface area contributed by atoms with Gasteiger partial charge >= 0.3 is 0 Å². The number of ether oxygens (including phenoxy) is 1. The maximum absolute atomic E-state index is 6.00. The summed E-state index contributed by atoms with van der Waals surface area (Å²) in [6.45, 7) is 6.40. The van der Waals surface area contributed by atoms with E-state index in [2.05, 4.69) is 57.1 Å². The molecule has 0 aliphatic rings. The van der Waals surface area contributed by atoms with Crippen molar-refractivity contribution in [2.75, 3.05) is 27.3 Å². The zero-order valence-corrected chi connectivity index (χ0v) is 23.3. The summed E-state index contributed by atoms with van der Waals surface area (Å²) in [7, 11) is 4.41. The Morgan fingerprint density at radius 3 is 1.67 bits per heavy atom. The van der Waals surface area contributed by atoms with E-state index in [9.17, 15) is 0 Å². The van der Waals surface area contributed by atoms with Crippen molar-refractivity contribution < 1.29 is 4.74 Å². The summed E-state index contributed by atoms with van der Waals surface area (Å²) in [6, 6.07) is 0.586. The first-order valence-corrected chi connectivity index (χ1v) is 14.8. The topological polar surface area (TPSA) is 12.5 Å². The SMILES string of the molecule is CCCCC/C=C/C/C=C/CCCCCCCCCC(COCCCCCCCC)N(C)C. The Labute approximate surface area is 209 Å². The van der Waals surface area contributed by atoms with Gasteiger partial charge in [0.05, 0.1) is 6.61 Å². The van der Waals surface area contributed by atoms with Gasteiger partial charge in [-0.15, -0.1) is 0 Å². The molecular weight excluding hydrogens is 402 g/mol. The smallest absolute Gasteiger partial charge is 0.0621 e. The molecule has 196 valence electrons. The van der Waals surface area contributed by atoms with E-state index in [4.69, 9.17) is 4.74 Å². The molecule has 0 bridgehead atoms. The maximum Gasteiger partial charge on any atom is 0.0621 e. The van der Waals surface area contributed by atoms with Crippen LogP contribution in [0.4, 0.5) is 0 Å². The minimum Gasteiger partial charge on any atom is -0.380 e. The summed E-state index contributed by atoms with van der Waals surface area (Å²) in [5.74, 6) is 0. The van der Waals surface area contributed by atoms with Crippen molar-refractivity contribution in [3.8, 4) is 0 Å². The summed E-state index contributed by atoms with van der Waals surface area (Å²) < 4.78 is 6.00. The maximum atomic E-state index is 6.00. The molecule has 1 atom stereocenters. The van der Waals surface area contributed by atoms with Gasteiger partial charge in [-0.05, 0) is 59.0 Å². The van der Waals surface area contributed by atoms with Gasteiger partial charge in [0.1, 0.15) is 0 Å². The van der Waals surface area contributed by atoms with Crippen molar-refractivity contribution in [1.82, 2.24) is 4.90 Å². The van der Waals surface area contributed by atoms with Crippen LogP contribution in [-0.2, 0) is 4.74 Å². The van der Waals surface area contributed by atoms with Gasteiger partial charge in [0.25, 0.3) is 0 Å². The molecule has 0 saturated carbocycles. The van der Waals surface area contributed by atoms with E-state index in [1.54, 1.807) is 0 Å². The lowest BCUT2D eigenvalue weighted by molar-refractivity contribution is 0.0721. The summed E-state index contributed by atoms with van der Waals surface area (Å²) in [5, 5.41) is 0. The molecule has 0 amide bonds. The highest BCUT2D eigenvalue weighted by Gasteiger charge is 2.11. The average molecular weight is 464 g/mol. The molecule has 0 aliphatic heterocycles. The molecule has 0 N–H and O–H groups in total. The molecule has 0 aromatic carbocycles. The van der Waals surface area contributed by atoms with E-state index in [0.717, 1.165) is 19.6 Å². The minimum atomic E-state index is 0.586. The van der Waals surface area contributed by atoms with Crippen LogP contribution < -0.4 is 0 Å². The zero-order chi connectivity index (χ0) is 24.2. The van der Waals surface area contributed by atoms with Crippen molar-refractivity contribution in [3.05, 3.63) is 24.3 Å². The van der Waals surface area contributed by atoms with Crippen LogP contribution in [0, 0.1) is 0 Å². The Bertz CT molecular complexity index is 415. The zero-order valence-electron chi connectivity index (χ0n) is 23.3. The monoisotopic (exact) mass is 463 g/mol. The Kier molecular flexibility index (Phi) is 27.1. The fourth-order valence-electron chi connectivity index (χ4n) is 4.24. The van der Waals surface area contributed by atoms with Gasteiger partial charge in [0.2, 0.25) is 0 Å². The number of allylic oxidation sites excluding steroid dienone is 4. The Hall–Kier alpha value is -0.600.